The molecule has 0 spiro atoms. The standard InChI is InChI=1S/C16H28O4/c1-8-16(6,7)13(14(17)19-9-11(2)3)15(18)20-10-12(4)5/h8,11-13H,1,9-10H2,2-7H3. The number of esters is 2. The van der Waals surface area contributed by atoms with Crippen LogP contribution in [-0.2, 0) is 19.1 Å². The number of rotatable bonds is 8. The SMILES string of the molecule is C=CC(C)(C)C(C(=O)OCC(C)C)C(=O)OCC(C)C. The molecule has 0 aliphatic rings. The summed E-state index contributed by atoms with van der Waals surface area (Å²) in [6, 6.07) is 0. The zero-order chi connectivity index (χ0) is 15.9. The van der Waals surface area contributed by atoms with Crippen molar-refractivity contribution < 1.29 is 19.1 Å². The predicted octanol–water partition coefficient (Wildman–Crippen LogP) is 3.21. The summed E-state index contributed by atoms with van der Waals surface area (Å²) in [5.74, 6) is -1.62. The molecule has 0 saturated carbocycles. The molecule has 0 saturated heterocycles. The number of carbonyl (C=O) groups is 2. The van der Waals surface area contributed by atoms with Crippen molar-refractivity contribution in [2.75, 3.05) is 13.2 Å². The Morgan fingerprint density at radius 1 is 1.00 bits per heavy atom. The fourth-order valence-corrected chi connectivity index (χ4v) is 1.49. The van der Waals surface area contributed by atoms with Gasteiger partial charge < -0.3 is 9.47 Å². The van der Waals surface area contributed by atoms with Crippen molar-refractivity contribution in [1.29, 1.82) is 0 Å². The Hall–Kier alpha value is -1.32. The highest BCUT2D eigenvalue weighted by atomic mass is 16.6. The van der Waals surface area contributed by atoms with Crippen molar-refractivity contribution in [2.24, 2.45) is 23.2 Å². The normalized spacial score (nSPS) is 11.8. The van der Waals surface area contributed by atoms with E-state index in [0.29, 0.717) is 13.2 Å². The molecule has 4 nitrogen and oxygen atoms in total. The topological polar surface area (TPSA) is 52.6 Å². The molecule has 0 radical (unpaired) electrons. The van der Waals surface area contributed by atoms with E-state index in [1.54, 1.807) is 19.9 Å². The average molecular weight is 284 g/mol. The fourth-order valence-electron chi connectivity index (χ4n) is 1.49. The van der Waals surface area contributed by atoms with Crippen LogP contribution in [0.1, 0.15) is 41.5 Å². The first kappa shape index (κ1) is 18.7. The van der Waals surface area contributed by atoms with Gasteiger partial charge in [0, 0.05) is 5.41 Å². The van der Waals surface area contributed by atoms with Crippen molar-refractivity contribution in [3.05, 3.63) is 12.7 Å². The Morgan fingerprint density at radius 3 is 1.60 bits per heavy atom. The van der Waals surface area contributed by atoms with Gasteiger partial charge in [0.25, 0.3) is 0 Å². The van der Waals surface area contributed by atoms with Crippen LogP contribution in [-0.4, -0.2) is 25.2 Å². The molecule has 4 heteroatoms. The van der Waals surface area contributed by atoms with Crippen LogP contribution >= 0.6 is 0 Å². The largest absolute Gasteiger partial charge is 0.465 e. The molecule has 0 bridgehead atoms. The molecule has 116 valence electrons. The summed E-state index contributed by atoms with van der Waals surface area (Å²) in [5, 5.41) is 0. The first-order valence-electron chi connectivity index (χ1n) is 7.08. The molecule has 0 unspecified atom stereocenters. The number of ether oxygens (including phenoxy) is 2. The minimum Gasteiger partial charge on any atom is -0.465 e. The summed E-state index contributed by atoms with van der Waals surface area (Å²) in [6.07, 6.45) is 1.59. The minimum atomic E-state index is -0.975. The number of allylic oxidation sites excluding steroid dienone is 1. The second-order valence-corrected chi connectivity index (χ2v) is 6.51. The Morgan fingerprint density at radius 2 is 1.35 bits per heavy atom. The van der Waals surface area contributed by atoms with Gasteiger partial charge in [0.1, 0.15) is 0 Å². The second-order valence-electron chi connectivity index (χ2n) is 6.51. The van der Waals surface area contributed by atoms with E-state index in [0.717, 1.165) is 0 Å². The Balaban J connectivity index is 4.94. The number of hydrogen-bond donors (Lipinski definition) is 0. The van der Waals surface area contributed by atoms with Gasteiger partial charge in [-0.25, -0.2) is 0 Å². The van der Waals surface area contributed by atoms with E-state index in [4.69, 9.17) is 9.47 Å². The maximum absolute atomic E-state index is 12.2. The van der Waals surface area contributed by atoms with Gasteiger partial charge >= 0.3 is 11.9 Å². The van der Waals surface area contributed by atoms with E-state index in [2.05, 4.69) is 6.58 Å². The average Bonchev–Trinajstić information content (AvgIpc) is 2.33. The van der Waals surface area contributed by atoms with E-state index >= 15 is 0 Å². The van der Waals surface area contributed by atoms with Gasteiger partial charge in [-0.05, 0) is 11.8 Å². The van der Waals surface area contributed by atoms with Crippen molar-refractivity contribution in [2.45, 2.75) is 41.5 Å². The maximum atomic E-state index is 12.2. The van der Waals surface area contributed by atoms with E-state index < -0.39 is 23.3 Å². The molecular formula is C16H28O4. The Bertz CT molecular complexity index is 318. The van der Waals surface area contributed by atoms with Crippen LogP contribution in [0.15, 0.2) is 12.7 Å². The van der Waals surface area contributed by atoms with Gasteiger partial charge in [-0.2, -0.15) is 0 Å². The van der Waals surface area contributed by atoms with Gasteiger partial charge in [0.2, 0.25) is 0 Å². The molecule has 0 aliphatic heterocycles. The van der Waals surface area contributed by atoms with Crippen LogP contribution < -0.4 is 0 Å². The van der Waals surface area contributed by atoms with Crippen molar-refractivity contribution in [3.8, 4) is 0 Å². The zero-order valence-corrected chi connectivity index (χ0v) is 13.6. The Labute approximate surface area is 122 Å². The third kappa shape index (κ3) is 6.22. The molecule has 0 aromatic carbocycles. The first-order valence-corrected chi connectivity index (χ1v) is 7.08. The summed E-state index contributed by atoms with van der Waals surface area (Å²) in [7, 11) is 0. The van der Waals surface area contributed by atoms with E-state index in [1.165, 1.54) is 0 Å². The van der Waals surface area contributed by atoms with E-state index in [-0.39, 0.29) is 11.8 Å². The lowest BCUT2D eigenvalue weighted by atomic mass is 9.79. The van der Waals surface area contributed by atoms with Gasteiger partial charge in [-0.1, -0.05) is 47.6 Å². The molecule has 0 heterocycles. The van der Waals surface area contributed by atoms with Gasteiger partial charge in [0.05, 0.1) is 13.2 Å². The highest BCUT2D eigenvalue weighted by Crippen LogP contribution is 2.30. The molecular weight excluding hydrogens is 256 g/mol. The quantitative estimate of drug-likeness (QED) is 0.390. The molecule has 0 fully saturated rings. The maximum Gasteiger partial charge on any atom is 0.321 e. The second kappa shape index (κ2) is 8.08. The molecule has 0 aromatic rings. The predicted molar refractivity (Wildman–Crippen MR) is 79.1 cm³/mol. The van der Waals surface area contributed by atoms with Gasteiger partial charge in [-0.15, -0.1) is 6.58 Å². The van der Waals surface area contributed by atoms with Crippen LogP contribution in [0.4, 0.5) is 0 Å². The third-order valence-electron chi connectivity index (χ3n) is 2.86. The van der Waals surface area contributed by atoms with Crippen LogP contribution in [0.3, 0.4) is 0 Å². The smallest absolute Gasteiger partial charge is 0.321 e. The third-order valence-corrected chi connectivity index (χ3v) is 2.86. The van der Waals surface area contributed by atoms with Crippen LogP contribution in [0.2, 0.25) is 0 Å². The lowest BCUT2D eigenvalue weighted by Gasteiger charge is -2.28. The molecule has 0 N–H and O–H groups in total. The summed E-state index contributed by atoms with van der Waals surface area (Å²) >= 11 is 0. The van der Waals surface area contributed by atoms with Crippen molar-refractivity contribution in [1.82, 2.24) is 0 Å². The zero-order valence-electron chi connectivity index (χ0n) is 13.6. The summed E-state index contributed by atoms with van der Waals surface area (Å²) in [6.45, 7) is 15.6. The fraction of sp³-hybridized carbons (Fsp3) is 0.750. The van der Waals surface area contributed by atoms with Gasteiger partial charge in [-0.3, -0.25) is 9.59 Å². The Kier molecular flexibility index (Phi) is 7.54. The van der Waals surface area contributed by atoms with Gasteiger partial charge in [0.15, 0.2) is 5.92 Å². The summed E-state index contributed by atoms with van der Waals surface area (Å²) < 4.78 is 10.4. The number of carbonyl (C=O) groups excluding carboxylic acids is 2. The minimum absolute atomic E-state index is 0.220. The van der Waals surface area contributed by atoms with Crippen LogP contribution in [0.5, 0.6) is 0 Å². The van der Waals surface area contributed by atoms with Crippen LogP contribution in [0, 0.1) is 23.2 Å². The first-order chi connectivity index (χ1) is 9.11. The summed E-state index contributed by atoms with van der Waals surface area (Å²) in [4.78, 5) is 24.3. The molecule has 0 aliphatic carbocycles. The molecule has 0 rings (SSSR count). The van der Waals surface area contributed by atoms with E-state index in [1.807, 2.05) is 27.7 Å². The van der Waals surface area contributed by atoms with E-state index in [9.17, 15) is 9.59 Å². The molecule has 0 aromatic heterocycles. The molecule has 20 heavy (non-hydrogen) atoms. The number of hydrogen-bond acceptors (Lipinski definition) is 4. The lowest BCUT2D eigenvalue weighted by molar-refractivity contribution is -0.167. The monoisotopic (exact) mass is 284 g/mol. The summed E-state index contributed by atoms with van der Waals surface area (Å²) in [5.41, 5.74) is -0.706. The molecule has 0 amide bonds. The van der Waals surface area contributed by atoms with Crippen molar-refractivity contribution >= 4 is 11.9 Å². The lowest BCUT2D eigenvalue weighted by Crippen LogP contribution is -2.39. The molecule has 0 atom stereocenters. The highest BCUT2D eigenvalue weighted by molar-refractivity contribution is 5.96. The van der Waals surface area contributed by atoms with Crippen LogP contribution in [0.25, 0.3) is 0 Å². The highest BCUT2D eigenvalue weighted by Gasteiger charge is 2.41. The van der Waals surface area contributed by atoms with Crippen molar-refractivity contribution in [3.63, 3.8) is 0 Å².